The zero-order valence-corrected chi connectivity index (χ0v) is 19.0. The van der Waals surface area contributed by atoms with Gasteiger partial charge in [0.25, 0.3) is 5.91 Å². The van der Waals surface area contributed by atoms with Crippen molar-refractivity contribution >= 4 is 51.0 Å². The molecule has 0 fully saturated rings. The van der Waals surface area contributed by atoms with E-state index in [1.54, 1.807) is 42.7 Å². The quantitative estimate of drug-likeness (QED) is 0.210. The molecule has 0 aliphatic rings. The summed E-state index contributed by atoms with van der Waals surface area (Å²) in [6.07, 6.45) is 2.89. The number of carbonyl (C=O) groups excluding carboxylic acids is 1. The van der Waals surface area contributed by atoms with E-state index >= 15 is 0 Å². The molecular weight excluding hydrogens is 456 g/mol. The number of benzene rings is 1. The largest absolute Gasteiger partial charge is 0.481 e. The van der Waals surface area contributed by atoms with Gasteiger partial charge in [0, 0.05) is 25.4 Å². The predicted molar refractivity (Wildman–Crippen MR) is 129 cm³/mol. The average Bonchev–Trinajstić information content (AvgIpc) is 3.42. The highest BCUT2D eigenvalue weighted by molar-refractivity contribution is 7.17. The molecule has 12 heteroatoms. The van der Waals surface area contributed by atoms with E-state index in [1.165, 1.54) is 16.2 Å². The minimum absolute atomic E-state index is 0.00330. The van der Waals surface area contributed by atoms with E-state index in [-0.39, 0.29) is 24.7 Å². The van der Waals surface area contributed by atoms with Crippen LogP contribution in [0.1, 0.15) is 27.5 Å². The van der Waals surface area contributed by atoms with Crippen LogP contribution in [0.25, 0.3) is 11.0 Å². The van der Waals surface area contributed by atoms with Gasteiger partial charge in [-0.15, -0.1) is 0 Å². The minimum Gasteiger partial charge on any atom is -0.481 e. The first-order valence-electron chi connectivity index (χ1n) is 10.3. The molecule has 0 spiro atoms. The van der Waals surface area contributed by atoms with Gasteiger partial charge >= 0.3 is 5.97 Å². The molecule has 0 radical (unpaired) electrons. The molecule has 4 aromatic rings. The van der Waals surface area contributed by atoms with Gasteiger partial charge in [0.2, 0.25) is 0 Å². The number of hydrogen-bond acceptors (Lipinski definition) is 8. The summed E-state index contributed by atoms with van der Waals surface area (Å²) in [4.78, 5) is 39.4. The molecule has 11 nitrogen and oxygen atoms in total. The summed E-state index contributed by atoms with van der Waals surface area (Å²) in [5.41, 5.74) is 7.34. The van der Waals surface area contributed by atoms with Crippen molar-refractivity contribution in [1.29, 1.82) is 5.41 Å². The Morgan fingerprint density at radius 1 is 1.26 bits per heavy atom. The number of fused-ring (bicyclic) bond motifs is 1. The number of anilines is 2. The fraction of sp³-hybridized carbons (Fsp3) is 0.182. The molecule has 0 bridgehead atoms. The van der Waals surface area contributed by atoms with Gasteiger partial charge in [-0.2, -0.15) is 0 Å². The van der Waals surface area contributed by atoms with Crippen molar-refractivity contribution in [3.63, 3.8) is 0 Å². The van der Waals surface area contributed by atoms with Crippen molar-refractivity contribution in [2.45, 2.75) is 13.0 Å². The maximum Gasteiger partial charge on any atom is 0.305 e. The number of nitrogens with two attached hydrogens (primary N) is 1. The fourth-order valence-corrected chi connectivity index (χ4v) is 4.05. The molecule has 4 rings (SSSR count). The molecule has 0 aliphatic heterocycles. The lowest BCUT2D eigenvalue weighted by Gasteiger charge is -2.21. The number of nitrogens with zero attached hydrogens (tertiary/aromatic N) is 5. The molecule has 0 atom stereocenters. The van der Waals surface area contributed by atoms with Crippen LogP contribution in [0, 0.1) is 5.41 Å². The van der Waals surface area contributed by atoms with Crippen molar-refractivity contribution in [1.82, 2.24) is 19.5 Å². The van der Waals surface area contributed by atoms with Crippen molar-refractivity contribution in [2.75, 3.05) is 16.8 Å². The van der Waals surface area contributed by atoms with Gasteiger partial charge in [-0.05, 0) is 30.3 Å². The molecular formula is C22H22N8O3S. The number of carboxylic acid groups (broad SMARTS) is 1. The topological polar surface area (TPSA) is 163 Å². The highest BCUT2D eigenvalue weighted by Gasteiger charge is 2.21. The Balaban J connectivity index is 1.57. The molecule has 5 N–H and O–H groups in total. The Kier molecular flexibility index (Phi) is 6.50. The van der Waals surface area contributed by atoms with Crippen molar-refractivity contribution in [3.05, 3.63) is 65.1 Å². The van der Waals surface area contributed by atoms with E-state index in [0.29, 0.717) is 33.5 Å². The maximum atomic E-state index is 13.3. The summed E-state index contributed by atoms with van der Waals surface area (Å²) < 4.78 is 1.91. The first kappa shape index (κ1) is 22.9. The normalized spacial score (nSPS) is 10.9. The van der Waals surface area contributed by atoms with Crippen LogP contribution in [-0.4, -0.2) is 48.9 Å². The second-order valence-electron chi connectivity index (χ2n) is 7.38. The number of rotatable bonds is 9. The molecule has 174 valence electrons. The number of amidine groups is 1. The number of aromatic nitrogens is 4. The monoisotopic (exact) mass is 478 g/mol. The van der Waals surface area contributed by atoms with Crippen LogP contribution >= 0.6 is 11.3 Å². The SMILES string of the molecule is Cn1c(CNc2ncc(C(=N)N)s2)nc2cc(C(=O)N(CCC(=O)O)c3ccccn3)ccc21. The average molecular weight is 479 g/mol. The Bertz CT molecular complexity index is 1370. The van der Waals surface area contributed by atoms with Gasteiger partial charge < -0.3 is 20.7 Å². The first-order valence-corrected chi connectivity index (χ1v) is 11.1. The van der Waals surface area contributed by atoms with Crippen LogP contribution in [0.4, 0.5) is 10.9 Å². The number of nitrogens with one attached hydrogen (secondary N) is 2. The molecule has 0 saturated heterocycles. The van der Waals surface area contributed by atoms with Crippen LogP contribution in [0.15, 0.2) is 48.8 Å². The number of aliphatic carboxylic acids is 1. The minimum atomic E-state index is -0.998. The number of hydrogen-bond donors (Lipinski definition) is 4. The number of carbonyl (C=O) groups is 2. The number of carboxylic acids is 1. The number of aryl methyl sites for hydroxylation is 1. The third-order valence-electron chi connectivity index (χ3n) is 5.11. The Morgan fingerprint density at radius 2 is 2.09 bits per heavy atom. The Morgan fingerprint density at radius 3 is 2.76 bits per heavy atom. The van der Waals surface area contributed by atoms with Crippen LogP contribution in [-0.2, 0) is 18.4 Å². The molecule has 1 aromatic carbocycles. The van der Waals surface area contributed by atoms with Gasteiger partial charge in [-0.3, -0.25) is 19.9 Å². The second kappa shape index (κ2) is 9.67. The third kappa shape index (κ3) is 4.86. The van der Waals surface area contributed by atoms with Gasteiger partial charge in [0.05, 0.1) is 35.1 Å². The van der Waals surface area contributed by atoms with Crippen molar-refractivity contribution in [2.24, 2.45) is 12.8 Å². The molecule has 3 aromatic heterocycles. The highest BCUT2D eigenvalue weighted by Crippen LogP contribution is 2.22. The fourth-order valence-electron chi connectivity index (χ4n) is 3.37. The van der Waals surface area contributed by atoms with E-state index in [9.17, 15) is 9.59 Å². The lowest BCUT2D eigenvalue weighted by atomic mass is 10.1. The first-order chi connectivity index (χ1) is 16.3. The van der Waals surface area contributed by atoms with Gasteiger partial charge in [0.15, 0.2) is 5.13 Å². The van der Waals surface area contributed by atoms with E-state index in [0.717, 1.165) is 11.3 Å². The summed E-state index contributed by atoms with van der Waals surface area (Å²) in [6, 6.07) is 10.3. The summed E-state index contributed by atoms with van der Waals surface area (Å²) in [5.74, 6) is -0.276. The Labute approximate surface area is 198 Å². The third-order valence-corrected chi connectivity index (χ3v) is 6.10. The van der Waals surface area contributed by atoms with Crippen LogP contribution in [0.2, 0.25) is 0 Å². The molecule has 0 saturated carbocycles. The molecule has 34 heavy (non-hydrogen) atoms. The summed E-state index contributed by atoms with van der Waals surface area (Å²) in [7, 11) is 1.88. The molecule has 1 amide bonds. The van der Waals surface area contributed by atoms with Crippen molar-refractivity contribution in [3.8, 4) is 0 Å². The highest BCUT2D eigenvalue weighted by atomic mass is 32.1. The smallest absolute Gasteiger partial charge is 0.305 e. The van der Waals surface area contributed by atoms with Crippen molar-refractivity contribution < 1.29 is 14.7 Å². The maximum absolute atomic E-state index is 13.3. The lowest BCUT2D eigenvalue weighted by molar-refractivity contribution is -0.136. The number of imidazole rings is 1. The lowest BCUT2D eigenvalue weighted by Crippen LogP contribution is -2.33. The number of thiazole rings is 1. The number of nitrogen functional groups attached to an aromatic ring is 1. The molecule has 0 aliphatic carbocycles. The predicted octanol–water partition coefficient (Wildman–Crippen LogP) is 2.44. The second-order valence-corrected chi connectivity index (χ2v) is 8.41. The van der Waals surface area contributed by atoms with E-state index in [2.05, 4.69) is 20.3 Å². The summed E-state index contributed by atoms with van der Waals surface area (Å²) in [5, 5.41) is 20.4. The zero-order valence-electron chi connectivity index (χ0n) is 18.2. The van der Waals surface area contributed by atoms with Gasteiger partial charge in [0.1, 0.15) is 17.5 Å². The van der Waals surface area contributed by atoms with Crippen LogP contribution in [0.5, 0.6) is 0 Å². The van der Waals surface area contributed by atoms with Gasteiger partial charge in [-0.25, -0.2) is 15.0 Å². The van der Waals surface area contributed by atoms with E-state index in [4.69, 9.17) is 16.2 Å². The summed E-state index contributed by atoms with van der Waals surface area (Å²) in [6.45, 7) is 0.384. The Hall–Kier alpha value is -4.32. The number of pyridine rings is 1. The van der Waals surface area contributed by atoms with Crippen LogP contribution < -0.4 is 16.0 Å². The van der Waals surface area contributed by atoms with Gasteiger partial charge in [-0.1, -0.05) is 17.4 Å². The molecule has 3 heterocycles. The number of amides is 1. The standard InChI is InChI=1S/C22H22N8O3S/c1-29-15-6-5-13(21(33)30(9-7-19(31)32)17-4-2-3-8-25-17)10-14(15)28-18(29)12-27-22-26-11-16(34-22)20(23)24/h2-6,8,10-11H,7,9,12H2,1H3,(H3,23,24)(H,26,27)(H,31,32). The molecule has 0 unspecified atom stereocenters. The van der Waals surface area contributed by atoms with E-state index < -0.39 is 5.97 Å². The zero-order chi connectivity index (χ0) is 24.2. The van der Waals surface area contributed by atoms with Crippen LogP contribution in [0.3, 0.4) is 0 Å². The van der Waals surface area contributed by atoms with E-state index in [1.807, 2.05) is 17.7 Å². The summed E-state index contributed by atoms with van der Waals surface area (Å²) >= 11 is 1.28.